The van der Waals surface area contributed by atoms with Crippen LogP contribution in [-0.2, 0) is 0 Å². The number of hydrogen-bond donors (Lipinski definition) is 2. The summed E-state index contributed by atoms with van der Waals surface area (Å²) in [4.78, 5) is 23.4. The van der Waals surface area contributed by atoms with Crippen molar-refractivity contribution in [3.05, 3.63) is 70.2 Å². The van der Waals surface area contributed by atoms with Crippen molar-refractivity contribution in [3.8, 4) is 0 Å². The Bertz CT molecular complexity index is 685. The summed E-state index contributed by atoms with van der Waals surface area (Å²) in [7, 11) is 0. The molecule has 0 heterocycles. The molecule has 1 amide bonds. The van der Waals surface area contributed by atoms with Gasteiger partial charge in [-0.3, -0.25) is 4.79 Å². The molecular weight excluding hydrogens is 290 g/mol. The maximum atomic E-state index is 12.2. The maximum Gasteiger partial charge on any atom is 0.336 e. The van der Waals surface area contributed by atoms with Gasteiger partial charge in [-0.05, 0) is 30.7 Å². The molecule has 1 unspecified atom stereocenters. The maximum absolute atomic E-state index is 12.2. The lowest BCUT2D eigenvalue weighted by molar-refractivity contribution is 0.0690. The van der Waals surface area contributed by atoms with Gasteiger partial charge >= 0.3 is 5.97 Å². The van der Waals surface area contributed by atoms with E-state index in [-0.39, 0.29) is 17.2 Å². The van der Waals surface area contributed by atoms with Gasteiger partial charge in [-0.25, -0.2) is 4.79 Å². The van der Waals surface area contributed by atoms with Crippen LogP contribution in [0.15, 0.2) is 48.5 Å². The van der Waals surface area contributed by atoms with Crippen molar-refractivity contribution in [1.29, 1.82) is 0 Å². The number of amides is 1. The molecule has 1 atom stereocenters. The van der Waals surface area contributed by atoms with Crippen molar-refractivity contribution in [1.82, 2.24) is 5.32 Å². The minimum atomic E-state index is -1.13. The average Bonchev–Trinajstić information content (AvgIpc) is 2.47. The number of carboxylic acid groups (broad SMARTS) is 1. The van der Waals surface area contributed by atoms with E-state index in [0.29, 0.717) is 5.02 Å². The monoisotopic (exact) mass is 303 g/mol. The topological polar surface area (TPSA) is 66.4 Å². The predicted octanol–water partition coefficient (Wildman–Crippen LogP) is 3.53. The molecule has 0 radical (unpaired) electrons. The Morgan fingerprint density at radius 2 is 1.62 bits per heavy atom. The molecular formula is C16H14ClNO3. The molecule has 5 heteroatoms. The van der Waals surface area contributed by atoms with E-state index in [9.17, 15) is 9.59 Å². The molecule has 0 spiro atoms. The van der Waals surface area contributed by atoms with E-state index in [1.807, 2.05) is 12.1 Å². The predicted molar refractivity (Wildman–Crippen MR) is 80.7 cm³/mol. The fourth-order valence-corrected chi connectivity index (χ4v) is 2.35. The van der Waals surface area contributed by atoms with E-state index in [4.69, 9.17) is 16.7 Å². The van der Waals surface area contributed by atoms with Crippen LogP contribution in [0, 0.1) is 0 Å². The second-order valence-electron chi connectivity index (χ2n) is 4.57. The number of aromatic carboxylic acids is 1. The third-order valence-electron chi connectivity index (χ3n) is 3.12. The van der Waals surface area contributed by atoms with Crippen LogP contribution < -0.4 is 5.32 Å². The third kappa shape index (κ3) is 3.41. The quantitative estimate of drug-likeness (QED) is 0.908. The molecule has 2 aromatic rings. The third-order valence-corrected chi connectivity index (χ3v) is 3.47. The average molecular weight is 304 g/mol. The first-order chi connectivity index (χ1) is 10.0. The van der Waals surface area contributed by atoms with E-state index < -0.39 is 11.9 Å². The summed E-state index contributed by atoms with van der Waals surface area (Å²) in [5.74, 6) is -1.58. The van der Waals surface area contributed by atoms with Gasteiger partial charge in [0.25, 0.3) is 5.91 Å². The molecule has 0 aliphatic heterocycles. The largest absolute Gasteiger partial charge is 0.478 e. The number of carbonyl (C=O) groups excluding carboxylic acids is 1. The van der Waals surface area contributed by atoms with Crippen LogP contribution in [0.3, 0.4) is 0 Å². The van der Waals surface area contributed by atoms with Crippen LogP contribution >= 0.6 is 11.6 Å². The van der Waals surface area contributed by atoms with E-state index in [2.05, 4.69) is 5.32 Å². The Morgan fingerprint density at radius 1 is 1.05 bits per heavy atom. The van der Waals surface area contributed by atoms with Crippen LogP contribution in [0.25, 0.3) is 0 Å². The zero-order chi connectivity index (χ0) is 15.4. The Hall–Kier alpha value is -2.33. The van der Waals surface area contributed by atoms with E-state index in [1.165, 1.54) is 12.1 Å². The molecule has 2 N–H and O–H groups in total. The van der Waals surface area contributed by atoms with Crippen molar-refractivity contribution in [2.75, 3.05) is 0 Å². The molecule has 0 bridgehead atoms. The summed E-state index contributed by atoms with van der Waals surface area (Å²) in [5.41, 5.74) is 0.880. The normalized spacial score (nSPS) is 11.7. The first kappa shape index (κ1) is 15.1. The highest BCUT2D eigenvalue weighted by Crippen LogP contribution is 2.22. The van der Waals surface area contributed by atoms with Crippen molar-refractivity contribution in [2.45, 2.75) is 13.0 Å². The van der Waals surface area contributed by atoms with Gasteiger partial charge in [-0.15, -0.1) is 0 Å². The molecule has 0 aliphatic carbocycles. The van der Waals surface area contributed by atoms with Crippen LogP contribution in [0.5, 0.6) is 0 Å². The lowest BCUT2D eigenvalue weighted by Crippen LogP contribution is -2.28. The summed E-state index contributed by atoms with van der Waals surface area (Å²) in [5, 5.41) is 12.4. The number of benzene rings is 2. The second kappa shape index (κ2) is 6.41. The molecule has 108 valence electrons. The summed E-state index contributed by atoms with van der Waals surface area (Å²) in [6.45, 7) is 1.79. The highest BCUT2D eigenvalue weighted by molar-refractivity contribution is 6.31. The van der Waals surface area contributed by atoms with Gasteiger partial charge in [0.2, 0.25) is 0 Å². The zero-order valence-electron chi connectivity index (χ0n) is 11.3. The van der Waals surface area contributed by atoms with Gasteiger partial charge in [-0.1, -0.05) is 41.9 Å². The Labute approximate surface area is 127 Å². The van der Waals surface area contributed by atoms with Gasteiger partial charge in [0.15, 0.2) is 0 Å². The highest BCUT2D eigenvalue weighted by Gasteiger charge is 2.18. The van der Waals surface area contributed by atoms with Crippen LogP contribution in [0.4, 0.5) is 0 Å². The smallest absolute Gasteiger partial charge is 0.336 e. The fourth-order valence-electron chi connectivity index (χ4n) is 2.05. The highest BCUT2D eigenvalue weighted by atomic mass is 35.5. The first-order valence-corrected chi connectivity index (χ1v) is 6.76. The van der Waals surface area contributed by atoms with Crippen LogP contribution in [0.2, 0.25) is 5.02 Å². The second-order valence-corrected chi connectivity index (χ2v) is 4.97. The SMILES string of the molecule is CC(NC(=O)c1ccccc1C(=O)O)c1ccccc1Cl. The molecule has 0 saturated carbocycles. The lowest BCUT2D eigenvalue weighted by Gasteiger charge is -2.16. The number of hydrogen-bond acceptors (Lipinski definition) is 2. The summed E-state index contributed by atoms with van der Waals surface area (Å²) in [6.07, 6.45) is 0. The standard InChI is InChI=1S/C16H14ClNO3/c1-10(11-6-4-5-9-14(11)17)18-15(19)12-7-2-3-8-13(12)16(20)21/h2-10H,1H3,(H,18,19)(H,20,21). The van der Waals surface area contributed by atoms with Crippen molar-refractivity contribution >= 4 is 23.5 Å². The number of carbonyl (C=O) groups is 2. The number of nitrogens with one attached hydrogen (secondary N) is 1. The van der Waals surface area contributed by atoms with Gasteiger partial charge in [-0.2, -0.15) is 0 Å². The van der Waals surface area contributed by atoms with Gasteiger partial charge in [0.05, 0.1) is 17.2 Å². The zero-order valence-corrected chi connectivity index (χ0v) is 12.1. The van der Waals surface area contributed by atoms with Gasteiger partial charge < -0.3 is 10.4 Å². The molecule has 0 aromatic heterocycles. The Balaban J connectivity index is 2.23. The fraction of sp³-hybridized carbons (Fsp3) is 0.125. The van der Waals surface area contributed by atoms with Crippen molar-refractivity contribution in [3.63, 3.8) is 0 Å². The Morgan fingerprint density at radius 3 is 2.24 bits per heavy atom. The van der Waals surface area contributed by atoms with E-state index >= 15 is 0 Å². The van der Waals surface area contributed by atoms with Crippen LogP contribution in [0.1, 0.15) is 39.2 Å². The van der Waals surface area contributed by atoms with E-state index in [1.54, 1.807) is 31.2 Å². The summed E-state index contributed by atoms with van der Waals surface area (Å²) >= 11 is 6.08. The molecule has 21 heavy (non-hydrogen) atoms. The molecule has 0 aliphatic rings. The summed E-state index contributed by atoms with van der Waals surface area (Å²) < 4.78 is 0. The number of halogens is 1. The minimum Gasteiger partial charge on any atom is -0.478 e. The first-order valence-electron chi connectivity index (χ1n) is 6.38. The number of carboxylic acids is 1. The lowest BCUT2D eigenvalue weighted by atomic mass is 10.0. The molecule has 0 fully saturated rings. The summed E-state index contributed by atoms with van der Waals surface area (Å²) in [6, 6.07) is 13.0. The van der Waals surface area contributed by atoms with Gasteiger partial charge in [0, 0.05) is 5.02 Å². The minimum absolute atomic E-state index is 0.0265. The number of rotatable bonds is 4. The van der Waals surface area contributed by atoms with Crippen LogP contribution in [-0.4, -0.2) is 17.0 Å². The molecule has 2 aromatic carbocycles. The van der Waals surface area contributed by atoms with Gasteiger partial charge in [0.1, 0.15) is 0 Å². The molecule has 2 rings (SSSR count). The molecule has 0 saturated heterocycles. The van der Waals surface area contributed by atoms with Crippen molar-refractivity contribution in [2.24, 2.45) is 0 Å². The Kier molecular flexibility index (Phi) is 4.60. The van der Waals surface area contributed by atoms with E-state index in [0.717, 1.165) is 5.56 Å². The van der Waals surface area contributed by atoms with Crippen molar-refractivity contribution < 1.29 is 14.7 Å². The molecule has 4 nitrogen and oxygen atoms in total.